The van der Waals surface area contributed by atoms with E-state index in [-0.39, 0.29) is 11.9 Å². The molecule has 2 rings (SSSR count). The first-order chi connectivity index (χ1) is 7.27. The molecule has 1 heterocycles. The lowest BCUT2D eigenvalue weighted by Gasteiger charge is -2.11. The maximum absolute atomic E-state index is 11.8. The zero-order valence-electron chi connectivity index (χ0n) is 8.29. The van der Waals surface area contributed by atoms with Crippen LogP contribution in [0.15, 0.2) is 28.7 Å². The predicted octanol–water partition coefficient (Wildman–Crippen LogP) is 2.14. The molecule has 1 aliphatic rings. The molecular formula is C11H13BrN2O. The van der Waals surface area contributed by atoms with Crippen LogP contribution in [0.2, 0.25) is 0 Å². The van der Waals surface area contributed by atoms with Crippen molar-refractivity contribution in [2.45, 2.75) is 18.9 Å². The Morgan fingerprint density at radius 2 is 2.27 bits per heavy atom. The van der Waals surface area contributed by atoms with Gasteiger partial charge in [-0.2, -0.15) is 0 Å². The van der Waals surface area contributed by atoms with Gasteiger partial charge in [0.05, 0.1) is 11.7 Å². The van der Waals surface area contributed by atoms with Gasteiger partial charge in [-0.3, -0.25) is 4.79 Å². The molecule has 1 atom stereocenters. The Morgan fingerprint density at radius 3 is 2.93 bits per heavy atom. The van der Waals surface area contributed by atoms with Crippen LogP contribution in [0, 0.1) is 0 Å². The summed E-state index contributed by atoms with van der Waals surface area (Å²) >= 11 is 3.40. The Morgan fingerprint density at radius 1 is 1.47 bits per heavy atom. The molecule has 4 heteroatoms. The number of amides is 1. The van der Waals surface area contributed by atoms with E-state index in [1.54, 1.807) is 0 Å². The first-order valence-corrected chi connectivity index (χ1v) is 5.85. The summed E-state index contributed by atoms with van der Waals surface area (Å²) in [5, 5.41) is 6.07. The third-order valence-electron chi connectivity index (χ3n) is 2.51. The highest BCUT2D eigenvalue weighted by Crippen LogP contribution is 2.21. The molecular weight excluding hydrogens is 256 g/mol. The summed E-state index contributed by atoms with van der Waals surface area (Å²) in [6, 6.07) is 7.60. The number of hydrogen-bond acceptors (Lipinski definition) is 2. The van der Waals surface area contributed by atoms with Crippen LogP contribution < -0.4 is 10.6 Å². The highest BCUT2D eigenvalue weighted by atomic mass is 79.9. The van der Waals surface area contributed by atoms with Gasteiger partial charge in [0.25, 0.3) is 0 Å². The standard InChI is InChI=1S/C11H13BrN2O/c12-8-4-1-2-5-9(8)14-11(15)10-6-3-7-13-10/h1-2,4-5,10,13H,3,6-7H2,(H,14,15)/t10-/m1/s1. The van der Waals surface area contributed by atoms with Crippen LogP contribution in [0.1, 0.15) is 12.8 Å². The molecule has 0 unspecified atom stereocenters. The summed E-state index contributed by atoms with van der Waals surface area (Å²) in [5.74, 6) is 0.0550. The lowest BCUT2D eigenvalue weighted by Crippen LogP contribution is -2.35. The van der Waals surface area contributed by atoms with E-state index in [0.29, 0.717) is 0 Å². The van der Waals surface area contributed by atoms with Crippen LogP contribution in [-0.2, 0) is 4.79 Å². The van der Waals surface area contributed by atoms with E-state index in [9.17, 15) is 4.79 Å². The Labute approximate surface area is 97.4 Å². The Balaban J connectivity index is 2.02. The van der Waals surface area contributed by atoms with Crippen LogP contribution in [0.3, 0.4) is 0 Å². The van der Waals surface area contributed by atoms with Crippen molar-refractivity contribution < 1.29 is 4.79 Å². The van der Waals surface area contributed by atoms with Gasteiger partial charge >= 0.3 is 0 Å². The summed E-state index contributed by atoms with van der Waals surface area (Å²) in [6.07, 6.45) is 2.00. The van der Waals surface area contributed by atoms with E-state index < -0.39 is 0 Å². The number of para-hydroxylation sites is 1. The molecule has 1 amide bonds. The molecule has 1 saturated heterocycles. The lowest BCUT2D eigenvalue weighted by molar-refractivity contribution is -0.117. The van der Waals surface area contributed by atoms with Gasteiger partial charge in [0.2, 0.25) is 5.91 Å². The van der Waals surface area contributed by atoms with E-state index >= 15 is 0 Å². The number of carbonyl (C=O) groups excluding carboxylic acids is 1. The number of halogens is 1. The number of rotatable bonds is 2. The van der Waals surface area contributed by atoms with Crippen molar-refractivity contribution in [3.63, 3.8) is 0 Å². The maximum Gasteiger partial charge on any atom is 0.241 e. The average Bonchev–Trinajstić information content (AvgIpc) is 2.74. The Bertz CT molecular complexity index is 361. The van der Waals surface area contributed by atoms with Gasteiger partial charge in [0, 0.05) is 4.47 Å². The second-order valence-corrected chi connectivity index (χ2v) is 4.47. The van der Waals surface area contributed by atoms with E-state index in [0.717, 1.165) is 29.5 Å². The summed E-state index contributed by atoms with van der Waals surface area (Å²) in [5.41, 5.74) is 0.830. The fourth-order valence-electron chi connectivity index (χ4n) is 1.69. The van der Waals surface area contributed by atoms with Crippen LogP contribution in [-0.4, -0.2) is 18.5 Å². The number of benzene rings is 1. The van der Waals surface area contributed by atoms with Crippen LogP contribution in [0.25, 0.3) is 0 Å². The molecule has 0 radical (unpaired) electrons. The zero-order chi connectivity index (χ0) is 10.7. The van der Waals surface area contributed by atoms with Gasteiger partial charge in [-0.15, -0.1) is 0 Å². The highest BCUT2D eigenvalue weighted by Gasteiger charge is 2.22. The smallest absolute Gasteiger partial charge is 0.241 e. The van der Waals surface area contributed by atoms with Gasteiger partial charge < -0.3 is 10.6 Å². The normalized spacial score (nSPS) is 20.2. The Kier molecular flexibility index (Phi) is 3.38. The fourth-order valence-corrected chi connectivity index (χ4v) is 2.07. The maximum atomic E-state index is 11.8. The largest absolute Gasteiger partial charge is 0.324 e. The number of carbonyl (C=O) groups is 1. The van der Waals surface area contributed by atoms with Gasteiger partial charge in [-0.25, -0.2) is 0 Å². The summed E-state index contributed by atoms with van der Waals surface area (Å²) in [4.78, 5) is 11.8. The monoisotopic (exact) mass is 268 g/mol. The van der Waals surface area contributed by atoms with E-state index in [1.165, 1.54) is 0 Å². The third-order valence-corrected chi connectivity index (χ3v) is 3.20. The topological polar surface area (TPSA) is 41.1 Å². The van der Waals surface area contributed by atoms with E-state index in [1.807, 2.05) is 24.3 Å². The molecule has 0 bridgehead atoms. The lowest BCUT2D eigenvalue weighted by atomic mass is 10.2. The van der Waals surface area contributed by atoms with Crippen molar-refractivity contribution in [3.05, 3.63) is 28.7 Å². The van der Waals surface area contributed by atoms with E-state index in [4.69, 9.17) is 0 Å². The molecule has 2 N–H and O–H groups in total. The number of nitrogens with one attached hydrogen (secondary N) is 2. The third kappa shape index (κ3) is 2.58. The molecule has 0 aromatic heterocycles. The van der Waals surface area contributed by atoms with Gasteiger partial charge in [0.1, 0.15) is 0 Å². The summed E-state index contributed by atoms with van der Waals surface area (Å²) in [7, 11) is 0. The van der Waals surface area contributed by atoms with Crippen LogP contribution >= 0.6 is 15.9 Å². The molecule has 80 valence electrons. The molecule has 1 aliphatic heterocycles. The van der Waals surface area contributed by atoms with Crippen molar-refractivity contribution in [2.75, 3.05) is 11.9 Å². The second kappa shape index (κ2) is 4.77. The van der Waals surface area contributed by atoms with E-state index in [2.05, 4.69) is 26.6 Å². The molecule has 15 heavy (non-hydrogen) atoms. The molecule has 1 aromatic carbocycles. The summed E-state index contributed by atoms with van der Waals surface area (Å²) in [6.45, 7) is 0.939. The summed E-state index contributed by atoms with van der Waals surface area (Å²) < 4.78 is 0.913. The number of anilines is 1. The molecule has 0 aliphatic carbocycles. The first-order valence-electron chi connectivity index (χ1n) is 5.06. The minimum atomic E-state index is -0.0305. The van der Waals surface area contributed by atoms with Gasteiger partial charge in [-0.05, 0) is 47.4 Å². The predicted molar refractivity (Wildman–Crippen MR) is 63.8 cm³/mol. The van der Waals surface area contributed by atoms with Crippen molar-refractivity contribution in [1.29, 1.82) is 0 Å². The SMILES string of the molecule is O=C(Nc1ccccc1Br)[C@H]1CCCN1. The zero-order valence-corrected chi connectivity index (χ0v) is 9.88. The van der Waals surface area contributed by atoms with Crippen molar-refractivity contribution in [3.8, 4) is 0 Å². The minimum absolute atomic E-state index is 0.0305. The van der Waals surface area contributed by atoms with Crippen molar-refractivity contribution >= 4 is 27.5 Å². The quantitative estimate of drug-likeness (QED) is 0.863. The molecule has 0 saturated carbocycles. The van der Waals surface area contributed by atoms with Gasteiger partial charge in [-0.1, -0.05) is 12.1 Å². The molecule has 0 spiro atoms. The minimum Gasteiger partial charge on any atom is -0.324 e. The van der Waals surface area contributed by atoms with Gasteiger partial charge in [0.15, 0.2) is 0 Å². The molecule has 1 aromatic rings. The van der Waals surface area contributed by atoms with Crippen LogP contribution in [0.4, 0.5) is 5.69 Å². The average molecular weight is 269 g/mol. The first kappa shape index (κ1) is 10.6. The Hall–Kier alpha value is -0.870. The van der Waals surface area contributed by atoms with Crippen LogP contribution in [0.5, 0.6) is 0 Å². The second-order valence-electron chi connectivity index (χ2n) is 3.62. The number of hydrogen-bond donors (Lipinski definition) is 2. The van der Waals surface area contributed by atoms with Crippen molar-refractivity contribution in [2.24, 2.45) is 0 Å². The molecule has 1 fully saturated rings. The fraction of sp³-hybridized carbons (Fsp3) is 0.364. The molecule has 3 nitrogen and oxygen atoms in total. The highest BCUT2D eigenvalue weighted by molar-refractivity contribution is 9.10. The van der Waals surface area contributed by atoms with Crippen molar-refractivity contribution in [1.82, 2.24) is 5.32 Å².